The Morgan fingerprint density at radius 1 is 1.10 bits per heavy atom. The summed E-state index contributed by atoms with van der Waals surface area (Å²) in [6, 6.07) is 14.3. The van der Waals surface area contributed by atoms with Gasteiger partial charge in [0.2, 0.25) is 0 Å². The Morgan fingerprint density at radius 3 is 2.58 bits per heavy atom. The van der Waals surface area contributed by atoms with Crippen molar-refractivity contribution in [3.05, 3.63) is 64.7 Å². The number of nitrogens with zero attached hydrogens (tertiary/aromatic N) is 4. The Bertz CT molecular complexity index is 979. The molecule has 0 N–H and O–H groups in total. The largest absolute Gasteiger partial charge is 0.496 e. The lowest BCUT2D eigenvalue weighted by Gasteiger charge is -2.33. The molecular formula is C25H32N4O2. The molecule has 0 spiro atoms. The molecule has 31 heavy (non-hydrogen) atoms. The molecule has 6 nitrogen and oxygen atoms in total. The topological polar surface area (TPSA) is 48.4 Å². The van der Waals surface area contributed by atoms with E-state index in [1.165, 1.54) is 16.7 Å². The van der Waals surface area contributed by atoms with Gasteiger partial charge in [-0.3, -0.25) is 9.69 Å². The van der Waals surface area contributed by atoms with Gasteiger partial charge in [0.25, 0.3) is 5.91 Å². The van der Waals surface area contributed by atoms with E-state index in [4.69, 9.17) is 9.84 Å². The maximum absolute atomic E-state index is 13.4. The highest BCUT2D eigenvalue weighted by atomic mass is 16.5. The number of rotatable bonds is 5. The van der Waals surface area contributed by atoms with E-state index in [-0.39, 0.29) is 11.9 Å². The Balaban J connectivity index is 1.65. The number of ether oxygens (including phenoxy) is 1. The monoisotopic (exact) mass is 420 g/mol. The molecule has 0 bridgehead atoms. The standard InChI is InChI=1S/C25H32N4O2/c1-18-9-10-19(2)21(15-18)23-16-22(20-7-5-6-8-24(20)31-4)26-29(23)25(30)17-28-13-11-27(3)12-14-28/h5-10,15,23H,11-14,16-17H2,1-4H3/t23-/m0/s1. The third-order valence-electron chi connectivity index (χ3n) is 6.33. The normalized spacial score (nSPS) is 20.1. The third kappa shape index (κ3) is 4.65. The summed E-state index contributed by atoms with van der Waals surface area (Å²) in [4.78, 5) is 18.0. The van der Waals surface area contributed by atoms with E-state index in [1.54, 1.807) is 12.1 Å². The maximum atomic E-state index is 13.4. The van der Waals surface area contributed by atoms with Crippen LogP contribution in [0.5, 0.6) is 5.75 Å². The molecular weight excluding hydrogens is 388 g/mol. The Hall–Kier alpha value is -2.70. The number of hydrogen-bond donors (Lipinski definition) is 0. The number of benzene rings is 2. The highest BCUT2D eigenvalue weighted by molar-refractivity contribution is 6.05. The molecule has 6 heteroatoms. The molecule has 1 atom stereocenters. The highest BCUT2D eigenvalue weighted by Gasteiger charge is 2.35. The van der Waals surface area contributed by atoms with Crippen LogP contribution in [0.2, 0.25) is 0 Å². The minimum Gasteiger partial charge on any atom is -0.496 e. The van der Waals surface area contributed by atoms with Gasteiger partial charge in [0.05, 0.1) is 25.4 Å². The SMILES string of the molecule is COc1ccccc1C1=NN(C(=O)CN2CCN(C)CC2)[C@H](c2cc(C)ccc2C)C1. The molecule has 0 saturated carbocycles. The second-order valence-corrected chi connectivity index (χ2v) is 8.64. The first kappa shape index (κ1) is 21.5. The zero-order valence-electron chi connectivity index (χ0n) is 19.0. The molecule has 2 heterocycles. The van der Waals surface area contributed by atoms with Crippen molar-refractivity contribution in [3.8, 4) is 5.75 Å². The summed E-state index contributed by atoms with van der Waals surface area (Å²) < 4.78 is 5.57. The molecule has 0 radical (unpaired) electrons. The summed E-state index contributed by atoms with van der Waals surface area (Å²) in [5.74, 6) is 0.842. The van der Waals surface area contributed by atoms with Gasteiger partial charge in [-0.15, -0.1) is 0 Å². The van der Waals surface area contributed by atoms with Gasteiger partial charge in [0.15, 0.2) is 0 Å². The highest BCUT2D eigenvalue weighted by Crippen LogP contribution is 2.36. The predicted molar refractivity (Wildman–Crippen MR) is 124 cm³/mol. The van der Waals surface area contributed by atoms with Crippen LogP contribution in [-0.2, 0) is 4.79 Å². The molecule has 0 aromatic heterocycles. The lowest BCUT2D eigenvalue weighted by molar-refractivity contribution is -0.134. The van der Waals surface area contributed by atoms with Crippen LogP contribution in [0.4, 0.5) is 0 Å². The summed E-state index contributed by atoms with van der Waals surface area (Å²) in [5.41, 5.74) is 5.40. The van der Waals surface area contributed by atoms with Crippen molar-refractivity contribution < 1.29 is 9.53 Å². The van der Waals surface area contributed by atoms with Gasteiger partial charge >= 0.3 is 0 Å². The number of carbonyl (C=O) groups is 1. The fourth-order valence-electron chi connectivity index (χ4n) is 4.42. The molecule has 2 aromatic rings. The van der Waals surface area contributed by atoms with Crippen LogP contribution in [-0.4, -0.2) is 73.3 Å². The number of para-hydroxylation sites is 1. The zero-order chi connectivity index (χ0) is 22.0. The number of likely N-dealkylation sites (N-methyl/N-ethyl adjacent to an activating group) is 1. The van der Waals surface area contributed by atoms with Crippen LogP contribution in [0.1, 0.15) is 34.7 Å². The van der Waals surface area contributed by atoms with Gasteiger partial charge in [-0.25, -0.2) is 5.01 Å². The van der Waals surface area contributed by atoms with Crippen LogP contribution >= 0.6 is 0 Å². The molecule has 2 aromatic carbocycles. The van der Waals surface area contributed by atoms with Crippen molar-refractivity contribution in [1.29, 1.82) is 0 Å². The summed E-state index contributed by atoms with van der Waals surface area (Å²) in [7, 11) is 3.80. The molecule has 4 rings (SSSR count). The summed E-state index contributed by atoms with van der Waals surface area (Å²) in [5, 5.41) is 6.58. The smallest absolute Gasteiger partial charge is 0.257 e. The molecule has 0 unspecified atom stereocenters. The van der Waals surface area contributed by atoms with E-state index in [0.717, 1.165) is 43.2 Å². The lowest BCUT2D eigenvalue weighted by Crippen LogP contribution is -2.48. The summed E-state index contributed by atoms with van der Waals surface area (Å²) >= 11 is 0. The summed E-state index contributed by atoms with van der Waals surface area (Å²) in [6.07, 6.45) is 0.680. The van der Waals surface area contributed by atoms with Gasteiger partial charge in [0.1, 0.15) is 5.75 Å². The minimum atomic E-state index is -0.0974. The van der Waals surface area contributed by atoms with E-state index in [2.05, 4.69) is 48.9 Å². The van der Waals surface area contributed by atoms with Crippen LogP contribution in [0.15, 0.2) is 47.6 Å². The first-order valence-electron chi connectivity index (χ1n) is 11.0. The predicted octanol–water partition coefficient (Wildman–Crippen LogP) is 3.24. The first-order valence-corrected chi connectivity index (χ1v) is 11.0. The summed E-state index contributed by atoms with van der Waals surface area (Å²) in [6.45, 7) is 8.40. The van der Waals surface area contributed by atoms with E-state index in [1.807, 2.05) is 24.3 Å². The van der Waals surface area contributed by atoms with Gasteiger partial charge in [-0.05, 0) is 44.2 Å². The van der Waals surface area contributed by atoms with Crippen molar-refractivity contribution in [3.63, 3.8) is 0 Å². The van der Waals surface area contributed by atoms with Crippen LogP contribution in [0.25, 0.3) is 0 Å². The van der Waals surface area contributed by atoms with Crippen molar-refractivity contribution >= 4 is 11.6 Å². The number of carbonyl (C=O) groups excluding carboxylic acids is 1. The number of amides is 1. The Morgan fingerprint density at radius 2 is 1.84 bits per heavy atom. The van der Waals surface area contributed by atoms with Crippen molar-refractivity contribution in [2.45, 2.75) is 26.3 Å². The van der Waals surface area contributed by atoms with Gasteiger partial charge < -0.3 is 9.64 Å². The van der Waals surface area contributed by atoms with Gasteiger partial charge in [0, 0.05) is 38.2 Å². The van der Waals surface area contributed by atoms with Crippen LogP contribution < -0.4 is 4.74 Å². The maximum Gasteiger partial charge on any atom is 0.257 e. The van der Waals surface area contributed by atoms with Crippen LogP contribution in [0.3, 0.4) is 0 Å². The molecule has 1 amide bonds. The lowest BCUT2D eigenvalue weighted by atomic mass is 9.93. The third-order valence-corrected chi connectivity index (χ3v) is 6.33. The molecule has 164 valence electrons. The number of methoxy groups -OCH3 is 1. The van der Waals surface area contributed by atoms with Gasteiger partial charge in [-0.2, -0.15) is 5.10 Å². The molecule has 1 fully saturated rings. The first-order chi connectivity index (χ1) is 15.0. The van der Waals surface area contributed by atoms with Gasteiger partial charge in [-0.1, -0.05) is 35.9 Å². The number of aryl methyl sites for hydroxylation is 2. The van der Waals surface area contributed by atoms with Crippen LogP contribution in [0, 0.1) is 13.8 Å². The zero-order valence-corrected chi connectivity index (χ0v) is 19.0. The second kappa shape index (κ2) is 9.20. The van der Waals surface area contributed by atoms with Crippen molar-refractivity contribution in [2.75, 3.05) is 46.9 Å². The average molecular weight is 421 g/mol. The molecule has 0 aliphatic carbocycles. The molecule has 2 aliphatic rings. The van der Waals surface area contributed by atoms with E-state index in [9.17, 15) is 4.79 Å². The second-order valence-electron chi connectivity index (χ2n) is 8.64. The minimum absolute atomic E-state index is 0.0559. The number of piperazine rings is 1. The fraction of sp³-hybridized carbons (Fsp3) is 0.440. The number of hydrazone groups is 1. The number of hydrogen-bond acceptors (Lipinski definition) is 5. The van der Waals surface area contributed by atoms with E-state index < -0.39 is 0 Å². The molecule has 1 saturated heterocycles. The quantitative estimate of drug-likeness (QED) is 0.745. The Kier molecular flexibility index (Phi) is 6.39. The Labute approximate surface area is 185 Å². The average Bonchev–Trinajstić information content (AvgIpc) is 3.22. The van der Waals surface area contributed by atoms with E-state index in [0.29, 0.717) is 13.0 Å². The van der Waals surface area contributed by atoms with Crippen molar-refractivity contribution in [1.82, 2.24) is 14.8 Å². The molecule has 2 aliphatic heterocycles. The van der Waals surface area contributed by atoms with E-state index >= 15 is 0 Å². The fourth-order valence-corrected chi connectivity index (χ4v) is 4.42. The van der Waals surface area contributed by atoms with Crippen molar-refractivity contribution in [2.24, 2.45) is 5.10 Å².